The third-order valence-corrected chi connectivity index (χ3v) is 5.36. The normalized spacial score (nSPS) is 22.3. The second kappa shape index (κ2) is 6.04. The summed E-state index contributed by atoms with van der Waals surface area (Å²) in [6, 6.07) is 4.56. The van der Waals surface area contributed by atoms with Gasteiger partial charge in [0.2, 0.25) is 0 Å². The number of oxazole rings is 1. The SMILES string of the molecule is COc1ccc(Br)c2oc(N3CC4CC(C3)N4C(=O)OC(C)(C)C)nc12. The smallest absolute Gasteiger partial charge is 0.410 e. The van der Waals surface area contributed by atoms with Gasteiger partial charge in [-0.3, -0.25) is 4.90 Å². The number of ether oxygens (including phenoxy) is 2. The van der Waals surface area contributed by atoms with Crippen molar-refractivity contribution >= 4 is 39.1 Å². The monoisotopic (exact) mass is 423 g/mol. The molecule has 2 atom stereocenters. The van der Waals surface area contributed by atoms with Gasteiger partial charge in [-0.1, -0.05) is 0 Å². The Hall–Kier alpha value is -1.96. The minimum Gasteiger partial charge on any atom is -0.494 e. The van der Waals surface area contributed by atoms with Gasteiger partial charge < -0.3 is 18.8 Å². The number of amides is 1. The average molecular weight is 424 g/mol. The second-order valence-corrected chi connectivity index (χ2v) is 8.61. The molecule has 1 aromatic heterocycles. The van der Waals surface area contributed by atoms with Crippen LogP contribution < -0.4 is 9.64 Å². The number of carbonyl (C=O) groups excluding carboxylic acids is 1. The molecule has 3 fully saturated rings. The van der Waals surface area contributed by atoms with Gasteiger partial charge in [-0.25, -0.2) is 4.79 Å². The van der Waals surface area contributed by atoms with Gasteiger partial charge in [-0.2, -0.15) is 4.98 Å². The highest BCUT2D eigenvalue weighted by Gasteiger charge is 2.49. The number of anilines is 1. The summed E-state index contributed by atoms with van der Waals surface area (Å²) in [7, 11) is 1.62. The number of carbonyl (C=O) groups is 1. The molecule has 1 aromatic carbocycles. The van der Waals surface area contributed by atoms with Crippen molar-refractivity contribution in [2.45, 2.75) is 44.9 Å². The summed E-state index contributed by atoms with van der Waals surface area (Å²) < 4.78 is 17.7. The van der Waals surface area contributed by atoms with Crippen molar-refractivity contribution in [3.8, 4) is 5.75 Å². The summed E-state index contributed by atoms with van der Waals surface area (Å²) in [5.74, 6) is 0.677. The van der Waals surface area contributed by atoms with E-state index >= 15 is 0 Å². The van der Waals surface area contributed by atoms with E-state index in [-0.39, 0.29) is 18.2 Å². The molecule has 1 amide bonds. The van der Waals surface area contributed by atoms with Crippen LogP contribution >= 0.6 is 15.9 Å². The fraction of sp³-hybridized carbons (Fsp3) is 0.556. The highest BCUT2D eigenvalue weighted by atomic mass is 79.9. The summed E-state index contributed by atoms with van der Waals surface area (Å²) >= 11 is 3.50. The van der Waals surface area contributed by atoms with E-state index < -0.39 is 5.60 Å². The summed E-state index contributed by atoms with van der Waals surface area (Å²) in [6.45, 7) is 7.02. The van der Waals surface area contributed by atoms with Gasteiger partial charge >= 0.3 is 6.09 Å². The van der Waals surface area contributed by atoms with Gasteiger partial charge in [0.15, 0.2) is 11.1 Å². The van der Waals surface area contributed by atoms with Gasteiger partial charge in [0, 0.05) is 13.1 Å². The Bertz CT molecular complexity index is 848. The van der Waals surface area contributed by atoms with Crippen molar-refractivity contribution in [3.05, 3.63) is 16.6 Å². The lowest BCUT2D eigenvalue weighted by atomic mass is 9.88. The van der Waals surface area contributed by atoms with E-state index in [1.807, 2.05) is 37.8 Å². The number of methoxy groups -OCH3 is 1. The molecule has 3 aliphatic rings. The first-order valence-corrected chi connectivity index (χ1v) is 9.45. The maximum atomic E-state index is 12.4. The second-order valence-electron chi connectivity index (χ2n) is 7.76. The molecule has 3 saturated heterocycles. The molecule has 2 aromatic rings. The Kier molecular flexibility index (Phi) is 4.06. The Morgan fingerprint density at radius 2 is 2.00 bits per heavy atom. The van der Waals surface area contributed by atoms with E-state index in [9.17, 15) is 4.79 Å². The first-order valence-electron chi connectivity index (χ1n) is 8.66. The van der Waals surface area contributed by atoms with Crippen molar-refractivity contribution in [1.29, 1.82) is 0 Å². The Morgan fingerprint density at radius 1 is 1.31 bits per heavy atom. The Labute approximate surface area is 160 Å². The molecule has 5 rings (SSSR count). The van der Waals surface area contributed by atoms with Crippen molar-refractivity contribution in [2.24, 2.45) is 0 Å². The van der Waals surface area contributed by atoms with Crippen LogP contribution in [0.1, 0.15) is 27.2 Å². The van der Waals surface area contributed by atoms with E-state index in [0.29, 0.717) is 36.0 Å². The number of piperidine rings is 1. The fourth-order valence-corrected chi connectivity index (χ4v) is 4.02. The maximum Gasteiger partial charge on any atom is 0.410 e. The Balaban J connectivity index is 1.53. The predicted molar refractivity (Wildman–Crippen MR) is 101 cm³/mol. The number of benzene rings is 1. The van der Waals surface area contributed by atoms with Crippen LogP contribution in [-0.2, 0) is 4.74 Å². The lowest BCUT2D eigenvalue weighted by Gasteiger charge is -2.55. The van der Waals surface area contributed by atoms with Crippen LogP contribution in [0.15, 0.2) is 21.0 Å². The lowest BCUT2D eigenvalue weighted by molar-refractivity contribution is -0.0386. The molecule has 0 N–H and O–H groups in total. The molecular weight excluding hydrogens is 402 g/mol. The molecule has 2 unspecified atom stereocenters. The molecule has 4 heterocycles. The number of halogens is 1. The Morgan fingerprint density at radius 3 is 2.62 bits per heavy atom. The molecule has 140 valence electrons. The summed E-state index contributed by atoms with van der Waals surface area (Å²) in [6.07, 6.45) is 0.753. The summed E-state index contributed by atoms with van der Waals surface area (Å²) in [4.78, 5) is 20.9. The van der Waals surface area contributed by atoms with Crippen molar-refractivity contribution in [3.63, 3.8) is 0 Å². The third kappa shape index (κ3) is 2.90. The number of piperazine rings is 1. The molecule has 26 heavy (non-hydrogen) atoms. The first kappa shape index (κ1) is 17.5. The molecule has 3 aliphatic heterocycles. The first-order chi connectivity index (χ1) is 12.3. The molecule has 2 bridgehead atoms. The highest BCUT2D eigenvalue weighted by molar-refractivity contribution is 9.10. The van der Waals surface area contributed by atoms with Gasteiger partial charge in [0.1, 0.15) is 11.4 Å². The topological polar surface area (TPSA) is 68.0 Å². The molecule has 0 spiro atoms. The van der Waals surface area contributed by atoms with Crippen LogP contribution in [0.5, 0.6) is 5.75 Å². The van der Waals surface area contributed by atoms with Crippen molar-refractivity contribution in [2.75, 3.05) is 25.1 Å². The van der Waals surface area contributed by atoms with E-state index in [0.717, 1.165) is 10.9 Å². The molecule has 8 heteroatoms. The van der Waals surface area contributed by atoms with Crippen LogP contribution in [-0.4, -0.2) is 53.9 Å². The number of fused-ring (bicyclic) bond motifs is 3. The van der Waals surface area contributed by atoms with E-state index in [4.69, 9.17) is 13.9 Å². The van der Waals surface area contributed by atoms with Gasteiger partial charge in [-0.05, 0) is 55.3 Å². The van der Waals surface area contributed by atoms with Gasteiger partial charge in [0.05, 0.1) is 23.7 Å². The van der Waals surface area contributed by atoms with Crippen LogP contribution in [0.2, 0.25) is 0 Å². The zero-order valence-corrected chi connectivity index (χ0v) is 16.9. The largest absolute Gasteiger partial charge is 0.494 e. The minimum atomic E-state index is -0.482. The quantitative estimate of drug-likeness (QED) is 0.731. The van der Waals surface area contributed by atoms with Crippen LogP contribution in [0, 0.1) is 0 Å². The molecule has 0 saturated carbocycles. The molecule has 0 radical (unpaired) electrons. The standard InChI is InChI=1S/C18H22BrN3O4/c1-18(2,3)26-17(23)22-10-7-11(22)9-21(8-10)16-20-14-13(24-4)6-5-12(19)15(14)25-16/h5-6,10-11H,7-9H2,1-4H3. The maximum absolute atomic E-state index is 12.4. The van der Waals surface area contributed by atoms with Crippen LogP contribution in [0.3, 0.4) is 0 Å². The number of aromatic nitrogens is 1. The van der Waals surface area contributed by atoms with Crippen molar-refractivity contribution < 1.29 is 18.7 Å². The molecule has 0 aliphatic carbocycles. The average Bonchev–Trinajstić information content (AvgIpc) is 3.00. The number of nitrogens with zero attached hydrogens (tertiary/aromatic N) is 3. The molecular formula is C18H22BrN3O4. The van der Waals surface area contributed by atoms with Gasteiger partial charge in [0.25, 0.3) is 6.01 Å². The summed E-state index contributed by atoms with van der Waals surface area (Å²) in [5, 5.41) is 0. The number of rotatable bonds is 2. The van der Waals surface area contributed by atoms with Gasteiger partial charge in [-0.15, -0.1) is 0 Å². The predicted octanol–water partition coefficient (Wildman–Crippen LogP) is 3.80. The van der Waals surface area contributed by atoms with E-state index in [1.54, 1.807) is 7.11 Å². The van der Waals surface area contributed by atoms with E-state index in [1.165, 1.54) is 0 Å². The fourth-order valence-electron chi connectivity index (χ4n) is 3.62. The third-order valence-electron chi connectivity index (χ3n) is 4.74. The van der Waals surface area contributed by atoms with E-state index in [2.05, 4.69) is 25.8 Å². The summed E-state index contributed by atoms with van der Waals surface area (Å²) in [5.41, 5.74) is 0.881. The number of hydrogen-bond donors (Lipinski definition) is 0. The molecule has 7 nitrogen and oxygen atoms in total. The number of hydrogen-bond acceptors (Lipinski definition) is 6. The van der Waals surface area contributed by atoms with Crippen LogP contribution in [0.4, 0.5) is 10.8 Å². The van der Waals surface area contributed by atoms with Crippen molar-refractivity contribution in [1.82, 2.24) is 9.88 Å². The zero-order chi connectivity index (χ0) is 18.6. The van der Waals surface area contributed by atoms with Crippen LogP contribution in [0.25, 0.3) is 11.1 Å². The lowest BCUT2D eigenvalue weighted by Crippen LogP contribution is -2.70. The minimum absolute atomic E-state index is 0.129. The highest BCUT2D eigenvalue weighted by Crippen LogP contribution is 2.39. The zero-order valence-electron chi connectivity index (χ0n) is 15.3.